The molecule has 0 aliphatic carbocycles. The van der Waals surface area contributed by atoms with Gasteiger partial charge in [0.1, 0.15) is 6.29 Å². The van der Waals surface area contributed by atoms with Gasteiger partial charge in [-0.15, -0.1) is 0 Å². The number of carbonyl (C=O) groups is 1. The number of carbonyl (C=O) groups excluding carboxylic acids is 1. The summed E-state index contributed by atoms with van der Waals surface area (Å²) < 4.78 is 0. The van der Waals surface area contributed by atoms with E-state index in [1.807, 2.05) is 38.1 Å². The summed E-state index contributed by atoms with van der Waals surface area (Å²) in [4.78, 5) is 10.2. The summed E-state index contributed by atoms with van der Waals surface area (Å²) in [6, 6.07) is 7.63. The third-order valence-corrected chi connectivity index (χ3v) is 1.52. The monoisotopic (exact) mass is 195 g/mol. The maximum Gasteiger partial charge on any atom is 0.150 e. The van der Waals surface area contributed by atoms with Crippen LogP contribution in [0.4, 0.5) is 0 Å². The van der Waals surface area contributed by atoms with E-state index in [0.717, 1.165) is 18.3 Å². The molecule has 0 aliphatic heterocycles. The van der Waals surface area contributed by atoms with Gasteiger partial charge in [-0.25, -0.2) is 0 Å². The van der Waals surface area contributed by atoms with Gasteiger partial charge in [-0.05, 0) is 19.0 Å². The van der Waals surface area contributed by atoms with Gasteiger partial charge in [-0.1, -0.05) is 45.0 Å². The van der Waals surface area contributed by atoms with Crippen LogP contribution < -0.4 is 5.73 Å². The zero-order chi connectivity index (χ0) is 11.4. The van der Waals surface area contributed by atoms with Crippen LogP contribution in [0.1, 0.15) is 36.7 Å². The minimum Gasteiger partial charge on any atom is -0.333 e. The lowest BCUT2D eigenvalue weighted by Crippen LogP contribution is -1.81. The molecule has 2 N–H and O–H groups in total. The fourth-order valence-corrected chi connectivity index (χ4v) is 0.832. The molecule has 0 bridgehead atoms. The Labute approximate surface area is 87.1 Å². The third kappa shape index (κ3) is 6.38. The van der Waals surface area contributed by atoms with Gasteiger partial charge < -0.3 is 5.73 Å². The highest BCUT2D eigenvalue weighted by molar-refractivity contribution is 5.74. The summed E-state index contributed by atoms with van der Waals surface area (Å²) in [6.07, 6.45) is 1.89. The van der Waals surface area contributed by atoms with E-state index in [2.05, 4.69) is 12.7 Å². The second-order valence-electron chi connectivity index (χ2n) is 2.21. The molecule has 1 aromatic carbocycles. The molecule has 0 saturated carbocycles. The molecule has 0 heterocycles. The van der Waals surface area contributed by atoms with E-state index in [-0.39, 0.29) is 0 Å². The quantitative estimate of drug-likeness (QED) is 0.737. The van der Waals surface area contributed by atoms with Crippen LogP contribution in [0.5, 0.6) is 0 Å². The fourth-order valence-electron chi connectivity index (χ4n) is 0.832. The molecule has 80 valence electrons. The van der Waals surface area contributed by atoms with E-state index >= 15 is 0 Å². The van der Waals surface area contributed by atoms with Gasteiger partial charge in [-0.3, -0.25) is 4.79 Å². The number of nitrogens with two attached hydrogens (primary N) is 1. The van der Waals surface area contributed by atoms with Crippen molar-refractivity contribution in [2.45, 2.75) is 27.2 Å². The van der Waals surface area contributed by atoms with Crippen molar-refractivity contribution in [3.63, 3.8) is 0 Å². The molecule has 2 nitrogen and oxygen atoms in total. The molecule has 0 atom stereocenters. The summed E-state index contributed by atoms with van der Waals surface area (Å²) >= 11 is 0. The van der Waals surface area contributed by atoms with Crippen molar-refractivity contribution in [1.29, 1.82) is 0 Å². The molecule has 14 heavy (non-hydrogen) atoms. The average Bonchev–Trinajstić information content (AvgIpc) is 2.34. The van der Waals surface area contributed by atoms with Crippen LogP contribution in [-0.2, 0) is 6.42 Å². The standard InChI is InChI=1S/C9H10O.C2H6.CH5N/c1-2-8-3-5-9(7-10)6-4-8;2*1-2/h3-7H,2H2,1H3;1-2H3;2H2,1H3. The summed E-state index contributed by atoms with van der Waals surface area (Å²) in [6.45, 7) is 6.09. The predicted octanol–water partition coefficient (Wildman–Crippen LogP) is 2.66. The van der Waals surface area contributed by atoms with E-state index < -0.39 is 0 Å². The van der Waals surface area contributed by atoms with Crippen molar-refractivity contribution in [1.82, 2.24) is 0 Å². The topological polar surface area (TPSA) is 43.1 Å². The van der Waals surface area contributed by atoms with Gasteiger partial charge in [0.15, 0.2) is 0 Å². The summed E-state index contributed by atoms with van der Waals surface area (Å²) in [7, 11) is 1.50. The molecule has 2 heteroatoms. The second kappa shape index (κ2) is 11.8. The van der Waals surface area contributed by atoms with Crippen molar-refractivity contribution in [2.75, 3.05) is 7.05 Å². The molecular weight excluding hydrogens is 174 g/mol. The Hall–Kier alpha value is -1.15. The number of aldehydes is 1. The smallest absolute Gasteiger partial charge is 0.150 e. The van der Waals surface area contributed by atoms with E-state index in [9.17, 15) is 4.79 Å². The Morgan fingerprint density at radius 1 is 1.14 bits per heavy atom. The van der Waals surface area contributed by atoms with Crippen molar-refractivity contribution in [2.24, 2.45) is 5.73 Å². The molecule has 0 radical (unpaired) electrons. The molecule has 0 spiro atoms. The van der Waals surface area contributed by atoms with Crippen LogP contribution in [0.15, 0.2) is 24.3 Å². The van der Waals surface area contributed by atoms with Gasteiger partial charge in [-0.2, -0.15) is 0 Å². The average molecular weight is 195 g/mol. The van der Waals surface area contributed by atoms with Crippen molar-refractivity contribution in [3.8, 4) is 0 Å². The molecule has 0 unspecified atom stereocenters. The molecule has 0 aromatic heterocycles. The van der Waals surface area contributed by atoms with Crippen LogP contribution in [0, 0.1) is 0 Å². The zero-order valence-corrected chi connectivity index (χ0v) is 9.58. The number of benzene rings is 1. The Balaban J connectivity index is 0. The predicted molar refractivity (Wildman–Crippen MR) is 62.7 cm³/mol. The first-order valence-electron chi connectivity index (χ1n) is 4.98. The zero-order valence-electron chi connectivity index (χ0n) is 9.58. The summed E-state index contributed by atoms with van der Waals surface area (Å²) in [5, 5.41) is 0. The Bertz CT molecular complexity index is 216. The van der Waals surface area contributed by atoms with Crippen LogP contribution >= 0.6 is 0 Å². The fraction of sp³-hybridized carbons (Fsp3) is 0.417. The first kappa shape index (κ1) is 15.3. The normalized spacial score (nSPS) is 7.50. The highest BCUT2D eigenvalue weighted by Gasteiger charge is 1.88. The highest BCUT2D eigenvalue weighted by Crippen LogP contribution is 2.01. The SMILES string of the molecule is CC.CCc1ccc(C=O)cc1.CN. The number of aryl methyl sites for hydroxylation is 1. The highest BCUT2D eigenvalue weighted by atomic mass is 16.1. The molecule has 0 saturated heterocycles. The Kier molecular flexibility index (Phi) is 13.0. The maximum atomic E-state index is 10.2. The van der Waals surface area contributed by atoms with E-state index in [0.29, 0.717) is 0 Å². The van der Waals surface area contributed by atoms with Crippen molar-refractivity contribution >= 4 is 6.29 Å². The van der Waals surface area contributed by atoms with Crippen LogP contribution in [0.25, 0.3) is 0 Å². The molecule has 1 aromatic rings. The van der Waals surface area contributed by atoms with Gasteiger partial charge in [0.2, 0.25) is 0 Å². The molecule has 0 aliphatic rings. The Morgan fingerprint density at radius 3 is 1.86 bits per heavy atom. The van der Waals surface area contributed by atoms with Gasteiger partial charge in [0, 0.05) is 5.56 Å². The largest absolute Gasteiger partial charge is 0.333 e. The minimum absolute atomic E-state index is 0.747. The lowest BCUT2D eigenvalue weighted by atomic mass is 10.1. The van der Waals surface area contributed by atoms with E-state index in [1.165, 1.54) is 12.6 Å². The summed E-state index contributed by atoms with van der Waals surface area (Å²) in [5.41, 5.74) is 6.52. The first-order valence-corrected chi connectivity index (χ1v) is 4.98. The first-order chi connectivity index (χ1) is 6.86. The maximum absolute atomic E-state index is 10.2. The lowest BCUT2D eigenvalue weighted by molar-refractivity contribution is 0.112. The second-order valence-corrected chi connectivity index (χ2v) is 2.21. The minimum atomic E-state index is 0.747. The molecule has 1 rings (SSSR count). The Morgan fingerprint density at radius 2 is 1.57 bits per heavy atom. The third-order valence-electron chi connectivity index (χ3n) is 1.52. The van der Waals surface area contributed by atoms with Crippen LogP contribution in [0.3, 0.4) is 0 Å². The lowest BCUT2D eigenvalue weighted by Gasteiger charge is -1.93. The summed E-state index contributed by atoms with van der Waals surface area (Å²) in [5.74, 6) is 0. The van der Waals surface area contributed by atoms with E-state index in [4.69, 9.17) is 0 Å². The molecule has 0 fully saturated rings. The van der Waals surface area contributed by atoms with Gasteiger partial charge in [0.05, 0.1) is 0 Å². The van der Waals surface area contributed by atoms with E-state index in [1.54, 1.807) is 0 Å². The van der Waals surface area contributed by atoms with Gasteiger partial charge in [0.25, 0.3) is 0 Å². The van der Waals surface area contributed by atoms with Crippen molar-refractivity contribution in [3.05, 3.63) is 35.4 Å². The number of rotatable bonds is 2. The van der Waals surface area contributed by atoms with Gasteiger partial charge >= 0.3 is 0 Å². The van der Waals surface area contributed by atoms with Crippen LogP contribution in [0.2, 0.25) is 0 Å². The molecule has 0 amide bonds. The van der Waals surface area contributed by atoms with Crippen molar-refractivity contribution < 1.29 is 4.79 Å². The number of hydrogen-bond acceptors (Lipinski definition) is 2. The van der Waals surface area contributed by atoms with Crippen LogP contribution in [-0.4, -0.2) is 13.3 Å². The number of hydrogen-bond donors (Lipinski definition) is 1. The molecular formula is C12H21NO.